The van der Waals surface area contributed by atoms with Crippen LogP contribution in [0.1, 0.15) is 25.6 Å². The summed E-state index contributed by atoms with van der Waals surface area (Å²) in [5.41, 5.74) is 0. The molecule has 0 amide bonds. The van der Waals surface area contributed by atoms with Gasteiger partial charge in [0.1, 0.15) is 0 Å². The molecule has 0 aliphatic carbocycles. The lowest BCUT2D eigenvalue weighted by Crippen LogP contribution is -1.91. The van der Waals surface area contributed by atoms with E-state index in [9.17, 15) is 10.1 Å². The van der Waals surface area contributed by atoms with Gasteiger partial charge in [0.15, 0.2) is 5.82 Å². The summed E-state index contributed by atoms with van der Waals surface area (Å²) < 4.78 is 0. The first-order valence-corrected chi connectivity index (χ1v) is 3.80. The maximum Gasteiger partial charge on any atom is 0.359 e. The van der Waals surface area contributed by atoms with Gasteiger partial charge in [-0.1, -0.05) is 25.4 Å². The van der Waals surface area contributed by atoms with Crippen LogP contribution in [0.25, 0.3) is 0 Å². The summed E-state index contributed by atoms with van der Waals surface area (Å²) >= 11 is 5.50. The van der Waals surface area contributed by atoms with Crippen LogP contribution < -0.4 is 0 Å². The van der Waals surface area contributed by atoms with Crippen LogP contribution in [0.4, 0.5) is 5.82 Å². The smallest absolute Gasteiger partial charge is 0.358 e. The molecule has 6 heteroatoms. The molecular weight excluding hydrogens is 182 g/mol. The highest BCUT2D eigenvalue weighted by Crippen LogP contribution is 2.23. The number of nitrogens with zero attached hydrogens (tertiary/aromatic N) is 2. The summed E-state index contributed by atoms with van der Waals surface area (Å²) in [5.74, 6) is 0.406. The van der Waals surface area contributed by atoms with E-state index in [2.05, 4.69) is 9.97 Å². The Morgan fingerprint density at radius 3 is 2.50 bits per heavy atom. The number of aromatic nitrogens is 2. The second kappa shape index (κ2) is 3.10. The van der Waals surface area contributed by atoms with Crippen LogP contribution in [-0.4, -0.2) is 14.9 Å². The Labute approximate surface area is 73.9 Å². The van der Waals surface area contributed by atoms with Gasteiger partial charge in [0.05, 0.1) is 0 Å². The summed E-state index contributed by atoms with van der Waals surface area (Å²) in [4.78, 5) is 16.1. The Hall–Kier alpha value is -1.10. The van der Waals surface area contributed by atoms with Gasteiger partial charge in [0.2, 0.25) is 5.15 Å². The van der Waals surface area contributed by atoms with E-state index in [1.54, 1.807) is 0 Å². The molecule has 1 rings (SSSR count). The van der Waals surface area contributed by atoms with Crippen LogP contribution in [0.2, 0.25) is 5.15 Å². The van der Waals surface area contributed by atoms with Crippen LogP contribution in [-0.2, 0) is 0 Å². The fourth-order valence-electron chi connectivity index (χ4n) is 0.754. The van der Waals surface area contributed by atoms with Gasteiger partial charge in [-0.2, -0.15) is 4.98 Å². The quantitative estimate of drug-likeness (QED) is 0.572. The van der Waals surface area contributed by atoms with E-state index >= 15 is 0 Å². The molecule has 0 aliphatic heterocycles. The number of hydrogen-bond donors (Lipinski definition) is 1. The van der Waals surface area contributed by atoms with E-state index in [-0.39, 0.29) is 16.9 Å². The molecule has 0 saturated heterocycles. The fourth-order valence-corrected chi connectivity index (χ4v) is 0.961. The molecule has 0 fully saturated rings. The topological polar surface area (TPSA) is 71.8 Å². The summed E-state index contributed by atoms with van der Waals surface area (Å²) in [5, 5.41) is 10.2. The van der Waals surface area contributed by atoms with Crippen molar-refractivity contribution in [1.82, 2.24) is 9.97 Å². The third kappa shape index (κ3) is 1.55. The molecule has 0 saturated carbocycles. The van der Waals surface area contributed by atoms with Gasteiger partial charge < -0.3 is 10.1 Å². The molecule has 0 aliphatic rings. The van der Waals surface area contributed by atoms with Gasteiger partial charge in [-0.05, 0) is 4.92 Å². The average Bonchev–Trinajstić information content (AvgIpc) is 2.30. The predicted molar refractivity (Wildman–Crippen MR) is 44.3 cm³/mol. The lowest BCUT2D eigenvalue weighted by molar-refractivity contribution is -0.389. The zero-order chi connectivity index (χ0) is 9.30. The van der Waals surface area contributed by atoms with Crippen molar-refractivity contribution in [3.8, 4) is 0 Å². The summed E-state index contributed by atoms with van der Waals surface area (Å²) in [7, 11) is 0. The van der Waals surface area contributed by atoms with Gasteiger partial charge >= 0.3 is 5.82 Å². The minimum absolute atomic E-state index is 0.0799. The number of nitro groups is 1. The van der Waals surface area contributed by atoms with Crippen molar-refractivity contribution in [1.29, 1.82) is 0 Å². The summed E-state index contributed by atoms with van der Waals surface area (Å²) in [6.07, 6.45) is 0. The van der Waals surface area contributed by atoms with E-state index in [4.69, 9.17) is 11.6 Å². The molecule has 0 bridgehead atoms. The predicted octanol–water partition coefficient (Wildman–Crippen LogP) is 2.09. The van der Waals surface area contributed by atoms with E-state index in [1.807, 2.05) is 13.8 Å². The van der Waals surface area contributed by atoms with Gasteiger partial charge in [0, 0.05) is 5.92 Å². The zero-order valence-corrected chi connectivity index (χ0v) is 7.42. The Morgan fingerprint density at radius 1 is 1.67 bits per heavy atom. The van der Waals surface area contributed by atoms with Crippen LogP contribution in [0.3, 0.4) is 0 Å². The van der Waals surface area contributed by atoms with Crippen LogP contribution in [0, 0.1) is 10.1 Å². The summed E-state index contributed by atoms with van der Waals surface area (Å²) in [6, 6.07) is 0. The molecule has 0 aromatic carbocycles. The Morgan fingerprint density at radius 2 is 2.25 bits per heavy atom. The standard InChI is InChI=1S/C6H8ClN3O2/c1-3(2)5-8-4(7)6(9-5)10(11)12/h3H,1-2H3,(H,8,9). The largest absolute Gasteiger partial charge is 0.359 e. The molecule has 1 heterocycles. The molecule has 12 heavy (non-hydrogen) atoms. The van der Waals surface area contributed by atoms with Crippen LogP contribution in [0.5, 0.6) is 0 Å². The Kier molecular flexibility index (Phi) is 2.32. The number of hydrogen-bond acceptors (Lipinski definition) is 3. The Bertz CT molecular complexity index is 308. The fraction of sp³-hybridized carbons (Fsp3) is 0.500. The van der Waals surface area contributed by atoms with Crippen molar-refractivity contribution in [3.05, 3.63) is 21.1 Å². The van der Waals surface area contributed by atoms with E-state index < -0.39 is 4.92 Å². The van der Waals surface area contributed by atoms with Crippen molar-refractivity contribution < 1.29 is 4.92 Å². The monoisotopic (exact) mass is 189 g/mol. The number of rotatable bonds is 2. The second-order valence-corrected chi connectivity index (χ2v) is 3.03. The van der Waals surface area contributed by atoms with Crippen molar-refractivity contribution in [2.24, 2.45) is 0 Å². The maximum atomic E-state index is 10.3. The van der Waals surface area contributed by atoms with Crippen molar-refractivity contribution >= 4 is 17.4 Å². The van der Waals surface area contributed by atoms with Crippen molar-refractivity contribution in [2.75, 3.05) is 0 Å². The number of halogens is 1. The highest BCUT2D eigenvalue weighted by Gasteiger charge is 2.19. The first-order chi connectivity index (χ1) is 5.52. The van der Waals surface area contributed by atoms with E-state index in [1.165, 1.54) is 0 Å². The van der Waals surface area contributed by atoms with E-state index in [0.717, 1.165) is 0 Å². The SMILES string of the molecule is CC(C)c1nc(Cl)c([N+](=O)[O-])[nH]1. The molecule has 1 aromatic rings. The van der Waals surface area contributed by atoms with Crippen molar-refractivity contribution in [3.63, 3.8) is 0 Å². The minimum Gasteiger partial charge on any atom is -0.358 e. The van der Waals surface area contributed by atoms with Crippen molar-refractivity contribution in [2.45, 2.75) is 19.8 Å². The number of nitrogens with one attached hydrogen (secondary N) is 1. The third-order valence-electron chi connectivity index (χ3n) is 1.39. The molecule has 1 aromatic heterocycles. The molecule has 5 nitrogen and oxygen atoms in total. The lowest BCUT2D eigenvalue weighted by atomic mass is 10.2. The third-order valence-corrected chi connectivity index (χ3v) is 1.65. The van der Waals surface area contributed by atoms with Gasteiger partial charge in [-0.3, -0.25) is 0 Å². The molecular formula is C6H8ClN3O2. The minimum atomic E-state index is -0.582. The summed E-state index contributed by atoms with van der Waals surface area (Å²) in [6.45, 7) is 3.75. The highest BCUT2D eigenvalue weighted by molar-refractivity contribution is 6.31. The normalized spacial score (nSPS) is 10.7. The first kappa shape index (κ1) is 8.99. The van der Waals surface area contributed by atoms with Crippen LogP contribution >= 0.6 is 11.6 Å². The molecule has 0 atom stereocenters. The lowest BCUT2D eigenvalue weighted by Gasteiger charge is -1.92. The molecule has 66 valence electrons. The maximum absolute atomic E-state index is 10.3. The van der Waals surface area contributed by atoms with Gasteiger partial charge in [-0.15, -0.1) is 0 Å². The number of aromatic amines is 1. The first-order valence-electron chi connectivity index (χ1n) is 3.42. The molecule has 0 radical (unpaired) electrons. The van der Waals surface area contributed by atoms with Gasteiger partial charge in [0.25, 0.3) is 0 Å². The average molecular weight is 190 g/mol. The zero-order valence-electron chi connectivity index (χ0n) is 6.67. The number of H-pyrrole nitrogens is 1. The highest BCUT2D eigenvalue weighted by atomic mass is 35.5. The van der Waals surface area contributed by atoms with Crippen LogP contribution in [0.15, 0.2) is 0 Å². The number of imidazole rings is 1. The van der Waals surface area contributed by atoms with E-state index in [0.29, 0.717) is 5.82 Å². The molecule has 1 N–H and O–H groups in total. The molecule has 0 spiro atoms. The molecule has 0 unspecified atom stereocenters. The second-order valence-electron chi connectivity index (χ2n) is 2.67. The van der Waals surface area contributed by atoms with Gasteiger partial charge in [-0.25, -0.2) is 4.98 Å². The Balaban J connectivity index is 3.09.